The molecule has 6 amide bonds. The van der Waals surface area contributed by atoms with Crippen LogP contribution in [0, 0.1) is 5.92 Å². The molecule has 2 heterocycles. The first-order valence-electron chi connectivity index (χ1n) is 16.9. The van der Waals surface area contributed by atoms with Crippen LogP contribution >= 0.6 is 11.8 Å². The highest BCUT2D eigenvalue weighted by Crippen LogP contribution is 2.21. The molecule has 6 atom stereocenters. The second-order valence-electron chi connectivity index (χ2n) is 13.1. The third-order valence-electron chi connectivity index (χ3n) is 8.76. The van der Waals surface area contributed by atoms with E-state index in [2.05, 4.69) is 26.6 Å². The molecule has 4 rings (SSSR count). The minimum absolute atomic E-state index is 0.0477. The van der Waals surface area contributed by atoms with Gasteiger partial charge < -0.3 is 31.5 Å². The van der Waals surface area contributed by atoms with Gasteiger partial charge in [0.1, 0.15) is 36.3 Å². The van der Waals surface area contributed by atoms with Gasteiger partial charge in [0.05, 0.1) is 0 Å². The topological polar surface area (TPSA) is 166 Å². The van der Waals surface area contributed by atoms with Crippen molar-refractivity contribution in [2.24, 2.45) is 5.92 Å². The van der Waals surface area contributed by atoms with Crippen molar-refractivity contribution in [3.05, 3.63) is 71.8 Å². The second kappa shape index (κ2) is 17.8. The van der Waals surface area contributed by atoms with Crippen molar-refractivity contribution in [2.45, 2.75) is 89.1 Å². The van der Waals surface area contributed by atoms with Crippen LogP contribution in [0.5, 0.6) is 0 Å². The summed E-state index contributed by atoms with van der Waals surface area (Å²) in [6, 6.07) is 12.4. The van der Waals surface area contributed by atoms with Gasteiger partial charge in [-0.05, 0) is 55.2 Å². The first-order chi connectivity index (χ1) is 23.5. The number of benzene rings is 2. The number of carbonyl (C=O) groups excluding carboxylic acids is 6. The highest BCUT2D eigenvalue weighted by Gasteiger charge is 2.42. The molecule has 2 saturated heterocycles. The van der Waals surface area contributed by atoms with E-state index in [1.807, 2.05) is 80.8 Å². The molecule has 0 saturated carbocycles. The molecule has 12 nitrogen and oxygen atoms in total. The molecule has 49 heavy (non-hydrogen) atoms. The quantitative estimate of drug-likeness (QED) is 0.265. The number of thioether (sulfide) groups is 1. The van der Waals surface area contributed by atoms with Crippen LogP contribution in [0.2, 0.25) is 0 Å². The van der Waals surface area contributed by atoms with Crippen LogP contribution in [-0.2, 0) is 41.6 Å². The maximum absolute atomic E-state index is 13.9. The van der Waals surface area contributed by atoms with Crippen molar-refractivity contribution in [3.63, 3.8) is 0 Å². The fraction of sp³-hybridized carbons (Fsp3) is 0.500. The Kier molecular flexibility index (Phi) is 13.6. The predicted molar refractivity (Wildman–Crippen MR) is 188 cm³/mol. The molecule has 0 radical (unpaired) electrons. The number of amides is 6. The van der Waals surface area contributed by atoms with Crippen LogP contribution in [0.4, 0.5) is 0 Å². The summed E-state index contributed by atoms with van der Waals surface area (Å²) in [4.78, 5) is 83.9. The van der Waals surface area contributed by atoms with Gasteiger partial charge in [-0.2, -0.15) is 11.8 Å². The molecule has 5 N–H and O–H groups in total. The molecule has 2 aliphatic heterocycles. The van der Waals surface area contributed by atoms with Gasteiger partial charge in [0.25, 0.3) is 0 Å². The predicted octanol–water partition coefficient (Wildman–Crippen LogP) is 1.33. The first kappa shape index (κ1) is 37.4. The van der Waals surface area contributed by atoms with Crippen LogP contribution in [-0.4, -0.2) is 95.1 Å². The standard InChI is InChI=1S/C36H48N6O6S/c1-22(2)19-30-35(47)38-26(16-18-49-4)32(44)37-23(3)31(43)40-28(20-24-11-7-5-8-12-24)34(46)41-29(21-25-13-9-6-10-14-25)33(45)39-27-15-17-42(30)36(27)48/h5-14,22-23,26-30H,15-21H2,1-4H3,(H,37,44)(H,38,47)(H,39,45)(H,40,43)(H,41,46)/t23-,26-,27+,28-,29-,30-/m0/s1. The Hall–Kier alpha value is -4.39. The fourth-order valence-corrected chi connectivity index (χ4v) is 6.55. The minimum atomic E-state index is -1.09. The van der Waals surface area contributed by atoms with E-state index in [1.54, 1.807) is 0 Å². The van der Waals surface area contributed by atoms with E-state index in [0.29, 0.717) is 18.6 Å². The molecular weight excluding hydrogens is 644 g/mol. The summed E-state index contributed by atoms with van der Waals surface area (Å²) in [5, 5.41) is 14.0. The summed E-state index contributed by atoms with van der Waals surface area (Å²) in [5.41, 5.74) is 1.56. The van der Waals surface area contributed by atoms with Crippen molar-refractivity contribution >= 4 is 47.2 Å². The Morgan fingerprint density at radius 1 is 0.694 bits per heavy atom. The summed E-state index contributed by atoms with van der Waals surface area (Å²) in [5.74, 6) is -2.53. The zero-order valence-corrected chi connectivity index (χ0v) is 29.4. The lowest BCUT2D eigenvalue weighted by Gasteiger charge is -2.31. The van der Waals surface area contributed by atoms with Crippen LogP contribution < -0.4 is 26.6 Å². The molecule has 2 aliphatic rings. The van der Waals surface area contributed by atoms with Crippen LogP contribution in [0.15, 0.2) is 60.7 Å². The number of nitrogens with zero attached hydrogens (tertiary/aromatic N) is 1. The molecule has 0 aromatic heterocycles. The Balaban J connectivity index is 1.70. The lowest BCUT2D eigenvalue weighted by Crippen LogP contribution is -2.60. The number of nitrogens with one attached hydrogen (secondary N) is 5. The summed E-state index contributed by atoms with van der Waals surface area (Å²) < 4.78 is 0. The van der Waals surface area contributed by atoms with E-state index >= 15 is 0 Å². The van der Waals surface area contributed by atoms with Gasteiger partial charge in [0.2, 0.25) is 35.4 Å². The number of carbonyl (C=O) groups is 6. The highest BCUT2D eigenvalue weighted by molar-refractivity contribution is 7.98. The number of rotatable bonds is 9. The van der Waals surface area contributed by atoms with Crippen molar-refractivity contribution < 1.29 is 28.8 Å². The smallest absolute Gasteiger partial charge is 0.245 e. The Labute approximate surface area is 292 Å². The number of fused-ring (bicyclic) bond motifs is 2. The molecule has 0 aliphatic carbocycles. The van der Waals surface area contributed by atoms with Crippen molar-refractivity contribution in [1.82, 2.24) is 31.5 Å². The number of hydrogen-bond acceptors (Lipinski definition) is 7. The highest BCUT2D eigenvalue weighted by atomic mass is 32.2. The van der Waals surface area contributed by atoms with Crippen molar-refractivity contribution in [3.8, 4) is 0 Å². The van der Waals surface area contributed by atoms with Gasteiger partial charge in [-0.3, -0.25) is 28.8 Å². The van der Waals surface area contributed by atoms with Crippen molar-refractivity contribution in [2.75, 3.05) is 18.6 Å². The van der Waals surface area contributed by atoms with Crippen molar-refractivity contribution in [1.29, 1.82) is 0 Å². The maximum atomic E-state index is 13.9. The van der Waals surface area contributed by atoms with Crippen LogP contribution in [0.25, 0.3) is 0 Å². The van der Waals surface area contributed by atoms with E-state index < -0.39 is 71.7 Å². The SMILES string of the molecule is CSCC[C@@H]1NC(=O)[C@H](CC(C)C)N2CC[C@@H](NC(=O)[C@H](Cc3ccccc3)NC(=O)[C@H](Cc3ccccc3)NC(=O)[C@H](C)NC1=O)C2=O. The largest absolute Gasteiger partial charge is 0.343 e. The summed E-state index contributed by atoms with van der Waals surface area (Å²) in [7, 11) is 0. The molecule has 2 bridgehead atoms. The van der Waals surface area contributed by atoms with E-state index in [4.69, 9.17) is 0 Å². The fourth-order valence-electron chi connectivity index (χ4n) is 6.08. The minimum Gasteiger partial charge on any atom is -0.343 e. The molecular formula is C36H48N6O6S. The van der Waals surface area contributed by atoms with Crippen LogP contribution in [0.3, 0.4) is 0 Å². The molecule has 0 unspecified atom stereocenters. The summed E-state index contributed by atoms with van der Waals surface area (Å²) in [6.45, 7) is 5.63. The van der Waals surface area contributed by atoms with E-state index in [-0.39, 0.29) is 31.7 Å². The maximum Gasteiger partial charge on any atom is 0.245 e. The van der Waals surface area contributed by atoms with E-state index in [9.17, 15) is 28.8 Å². The zero-order chi connectivity index (χ0) is 35.5. The van der Waals surface area contributed by atoms with Gasteiger partial charge in [0, 0.05) is 19.4 Å². The van der Waals surface area contributed by atoms with Gasteiger partial charge in [-0.15, -0.1) is 0 Å². The first-order valence-corrected chi connectivity index (χ1v) is 18.2. The molecule has 2 fully saturated rings. The lowest BCUT2D eigenvalue weighted by atomic mass is 10.0. The monoisotopic (exact) mass is 692 g/mol. The average molecular weight is 693 g/mol. The third kappa shape index (κ3) is 10.5. The van der Waals surface area contributed by atoms with E-state index in [1.165, 1.54) is 23.6 Å². The number of hydrogen-bond donors (Lipinski definition) is 5. The van der Waals surface area contributed by atoms with Gasteiger partial charge in [-0.25, -0.2) is 0 Å². The van der Waals surface area contributed by atoms with Crippen LogP contribution in [0.1, 0.15) is 51.2 Å². The Bertz CT molecular complexity index is 1470. The summed E-state index contributed by atoms with van der Waals surface area (Å²) >= 11 is 1.51. The molecule has 0 spiro atoms. The normalized spacial score (nSPS) is 25.9. The third-order valence-corrected chi connectivity index (χ3v) is 9.40. The average Bonchev–Trinajstić information content (AvgIpc) is 3.43. The summed E-state index contributed by atoms with van der Waals surface area (Å²) in [6.07, 6.45) is 3.08. The van der Waals surface area contributed by atoms with Gasteiger partial charge in [0.15, 0.2) is 0 Å². The lowest BCUT2D eigenvalue weighted by molar-refractivity contribution is -0.141. The van der Waals surface area contributed by atoms with Gasteiger partial charge >= 0.3 is 0 Å². The Morgan fingerprint density at radius 3 is 1.76 bits per heavy atom. The molecule has 264 valence electrons. The molecule has 2 aromatic carbocycles. The second-order valence-corrected chi connectivity index (χ2v) is 14.1. The molecule has 13 heteroatoms. The molecule has 2 aromatic rings. The van der Waals surface area contributed by atoms with Gasteiger partial charge in [-0.1, -0.05) is 74.5 Å². The van der Waals surface area contributed by atoms with E-state index in [0.717, 1.165) is 11.1 Å². The Morgan fingerprint density at radius 2 is 1.20 bits per heavy atom. The zero-order valence-electron chi connectivity index (χ0n) is 28.6.